The maximum atomic E-state index is 13.1. The zero-order valence-corrected chi connectivity index (χ0v) is 18.1. The van der Waals surface area contributed by atoms with Crippen LogP contribution < -0.4 is 25.8 Å². The lowest BCUT2D eigenvalue weighted by Gasteiger charge is -2.21. The molecular weight excluding hydrogens is 451 g/mol. The van der Waals surface area contributed by atoms with Crippen LogP contribution >= 0.6 is 0 Å². The van der Waals surface area contributed by atoms with Crippen LogP contribution in [0.25, 0.3) is 0 Å². The fourth-order valence-electron chi connectivity index (χ4n) is 3.13. The van der Waals surface area contributed by atoms with Gasteiger partial charge in [-0.1, -0.05) is 36.4 Å². The van der Waals surface area contributed by atoms with Crippen molar-refractivity contribution >= 4 is 23.2 Å². The highest BCUT2D eigenvalue weighted by Gasteiger charge is 2.31. The molecule has 3 aromatic carbocycles. The monoisotopic (exact) mass is 473 g/mol. The van der Waals surface area contributed by atoms with Crippen molar-refractivity contribution in [2.45, 2.75) is 12.2 Å². The summed E-state index contributed by atoms with van der Waals surface area (Å²) in [7, 11) is 1.43. The van der Waals surface area contributed by atoms with Gasteiger partial charge in [-0.15, -0.1) is 0 Å². The first-order valence-corrected chi connectivity index (χ1v) is 10.1. The number of hydrogen-bond acceptors (Lipinski definition) is 5. The number of nitrogens with two attached hydrogens (primary N) is 1. The van der Waals surface area contributed by atoms with Crippen LogP contribution in [0.4, 0.5) is 24.5 Å². The van der Waals surface area contributed by atoms with E-state index in [1.54, 1.807) is 42.5 Å². The molecule has 10 heteroatoms. The van der Waals surface area contributed by atoms with Crippen LogP contribution in [-0.2, 0) is 15.8 Å². The maximum Gasteiger partial charge on any atom is 0.416 e. The highest BCUT2D eigenvalue weighted by molar-refractivity contribution is 5.97. The Kier molecular flexibility index (Phi) is 7.62. The summed E-state index contributed by atoms with van der Waals surface area (Å²) in [5, 5.41) is 5.59. The number of alkyl halides is 3. The van der Waals surface area contributed by atoms with Crippen LogP contribution in [0, 0.1) is 0 Å². The van der Waals surface area contributed by atoms with E-state index in [-0.39, 0.29) is 18.0 Å². The van der Waals surface area contributed by atoms with Gasteiger partial charge in [0.25, 0.3) is 11.8 Å². The van der Waals surface area contributed by atoms with E-state index in [1.165, 1.54) is 25.3 Å². The molecule has 1 unspecified atom stereocenters. The third-order valence-corrected chi connectivity index (χ3v) is 4.70. The van der Waals surface area contributed by atoms with Crippen LogP contribution in [0.2, 0.25) is 0 Å². The molecule has 0 aromatic heterocycles. The molecule has 0 spiro atoms. The van der Waals surface area contributed by atoms with E-state index in [9.17, 15) is 22.8 Å². The van der Waals surface area contributed by atoms with Gasteiger partial charge in [0, 0.05) is 17.4 Å². The average molecular weight is 473 g/mol. The van der Waals surface area contributed by atoms with Gasteiger partial charge in [-0.05, 0) is 35.9 Å². The first-order valence-electron chi connectivity index (χ1n) is 10.1. The molecule has 178 valence electrons. The van der Waals surface area contributed by atoms with Crippen LogP contribution in [0.1, 0.15) is 17.2 Å². The van der Waals surface area contributed by atoms with E-state index < -0.39 is 29.6 Å². The minimum absolute atomic E-state index is 0.00256. The predicted octanol–water partition coefficient (Wildman–Crippen LogP) is 4.37. The number of halogens is 3. The van der Waals surface area contributed by atoms with Crippen molar-refractivity contribution < 1.29 is 32.2 Å². The van der Waals surface area contributed by atoms with E-state index >= 15 is 0 Å². The summed E-state index contributed by atoms with van der Waals surface area (Å²) in [5.41, 5.74) is 5.27. The highest BCUT2D eigenvalue weighted by atomic mass is 19.4. The number of rotatable bonds is 9. The Balaban J connectivity index is 1.88. The summed E-state index contributed by atoms with van der Waals surface area (Å²) in [6.07, 6.45) is -4.54. The van der Waals surface area contributed by atoms with Crippen molar-refractivity contribution in [2.24, 2.45) is 5.73 Å². The average Bonchev–Trinajstić information content (AvgIpc) is 2.81. The molecule has 0 saturated carbocycles. The minimum Gasteiger partial charge on any atom is -0.493 e. The van der Waals surface area contributed by atoms with Gasteiger partial charge in [0.05, 0.1) is 12.7 Å². The van der Waals surface area contributed by atoms with Crippen LogP contribution in [0.5, 0.6) is 11.5 Å². The lowest BCUT2D eigenvalue weighted by Crippen LogP contribution is -2.27. The molecule has 3 rings (SSSR count). The molecule has 4 N–H and O–H groups in total. The maximum absolute atomic E-state index is 13.1. The number of anilines is 2. The topological polar surface area (TPSA) is 103 Å². The highest BCUT2D eigenvalue weighted by Crippen LogP contribution is 2.33. The number of benzene rings is 3. The van der Waals surface area contributed by atoms with E-state index in [2.05, 4.69) is 10.6 Å². The molecule has 0 fully saturated rings. The molecule has 2 amide bonds. The van der Waals surface area contributed by atoms with Gasteiger partial charge in [-0.2, -0.15) is 13.2 Å². The fourth-order valence-corrected chi connectivity index (χ4v) is 3.13. The lowest BCUT2D eigenvalue weighted by atomic mass is 10.1. The molecule has 0 bridgehead atoms. The van der Waals surface area contributed by atoms with Gasteiger partial charge in [0.15, 0.2) is 18.1 Å². The number of primary amides is 1. The van der Waals surface area contributed by atoms with Gasteiger partial charge >= 0.3 is 6.18 Å². The summed E-state index contributed by atoms with van der Waals surface area (Å²) in [4.78, 5) is 24.2. The Morgan fingerprint density at radius 1 is 0.941 bits per heavy atom. The molecule has 0 aliphatic rings. The summed E-state index contributed by atoms with van der Waals surface area (Å²) < 4.78 is 49.7. The Morgan fingerprint density at radius 2 is 1.68 bits per heavy atom. The number of amides is 2. The van der Waals surface area contributed by atoms with E-state index in [0.29, 0.717) is 17.0 Å². The van der Waals surface area contributed by atoms with Gasteiger partial charge < -0.3 is 25.8 Å². The summed E-state index contributed by atoms with van der Waals surface area (Å²) in [5.74, 6) is -0.697. The van der Waals surface area contributed by atoms with E-state index in [4.69, 9.17) is 15.2 Å². The number of methoxy groups -OCH3 is 1. The van der Waals surface area contributed by atoms with Crippen molar-refractivity contribution in [2.75, 3.05) is 24.4 Å². The molecular formula is C24H22F3N3O4. The van der Waals surface area contributed by atoms with Gasteiger partial charge in [0.2, 0.25) is 0 Å². The second-order valence-corrected chi connectivity index (χ2v) is 7.18. The summed E-state index contributed by atoms with van der Waals surface area (Å²) in [6, 6.07) is 16.8. The molecule has 1 atom stereocenters. The SMILES string of the molecule is COc1ccc(NC(C(=O)Nc2cccc(C(F)(F)F)c2)c2ccccc2)cc1OCC(N)=O. The zero-order chi connectivity index (χ0) is 24.7. The van der Waals surface area contributed by atoms with Gasteiger partial charge in [-0.3, -0.25) is 9.59 Å². The summed E-state index contributed by atoms with van der Waals surface area (Å²) in [6.45, 7) is -0.377. The Labute approximate surface area is 193 Å². The lowest BCUT2D eigenvalue weighted by molar-refractivity contribution is -0.137. The second kappa shape index (κ2) is 10.6. The van der Waals surface area contributed by atoms with Crippen LogP contribution in [0.15, 0.2) is 72.8 Å². The molecule has 34 heavy (non-hydrogen) atoms. The third-order valence-electron chi connectivity index (χ3n) is 4.70. The molecule has 0 heterocycles. The Morgan fingerprint density at radius 3 is 2.32 bits per heavy atom. The van der Waals surface area contributed by atoms with Crippen LogP contribution in [0.3, 0.4) is 0 Å². The largest absolute Gasteiger partial charge is 0.493 e. The molecule has 0 saturated heterocycles. The van der Waals surface area contributed by atoms with Crippen molar-refractivity contribution in [3.63, 3.8) is 0 Å². The third kappa shape index (κ3) is 6.41. The Hall–Kier alpha value is -4.21. The first kappa shape index (κ1) is 24.4. The smallest absolute Gasteiger partial charge is 0.416 e. The predicted molar refractivity (Wildman–Crippen MR) is 121 cm³/mol. The molecule has 3 aromatic rings. The van der Waals surface area contributed by atoms with Crippen molar-refractivity contribution in [3.8, 4) is 11.5 Å². The number of ether oxygens (including phenoxy) is 2. The van der Waals surface area contributed by atoms with E-state index in [1.807, 2.05) is 0 Å². The van der Waals surface area contributed by atoms with Crippen LogP contribution in [-0.4, -0.2) is 25.5 Å². The molecule has 0 radical (unpaired) electrons. The molecule has 7 nitrogen and oxygen atoms in total. The van der Waals surface area contributed by atoms with Crippen molar-refractivity contribution in [1.29, 1.82) is 0 Å². The number of carbonyl (C=O) groups excluding carboxylic acids is 2. The number of hydrogen-bond donors (Lipinski definition) is 3. The fraction of sp³-hybridized carbons (Fsp3) is 0.167. The normalized spacial score (nSPS) is 11.9. The van der Waals surface area contributed by atoms with Crippen molar-refractivity contribution in [3.05, 3.63) is 83.9 Å². The standard InChI is InChI=1S/C24H22F3N3O4/c1-33-19-11-10-18(13-20(19)34-14-21(28)31)29-22(15-6-3-2-4-7-15)23(32)30-17-9-5-8-16(12-17)24(25,26)27/h2-13,22,29H,14H2,1H3,(H2,28,31)(H,30,32). The quantitative estimate of drug-likeness (QED) is 0.428. The Bertz CT molecular complexity index is 1150. The molecule has 0 aliphatic heterocycles. The van der Waals surface area contributed by atoms with Gasteiger partial charge in [-0.25, -0.2) is 0 Å². The summed E-state index contributed by atoms with van der Waals surface area (Å²) >= 11 is 0. The molecule has 0 aliphatic carbocycles. The minimum atomic E-state index is -4.54. The first-order chi connectivity index (χ1) is 16.2. The second-order valence-electron chi connectivity index (χ2n) is 7.18. The van der Waals surface area contributed by atoms with Crippen molar-refractivity contribution in [1.82, 2.24) is 0 Å². The number of carbonyl (C=O) groups is 2. The van der Waals surface area contributed by atoms with E-state index in [0.717, 1.165) is 12.1 Å². The van der Waals surface area contributed by atoms with Gasteiger partial charge in [0.1, 0.15) is 6.04 Å². The zero-order valence-electron chi connectivity index (χ0n) is 18.1. The number of nitrogens with one attached hydrogen (secondary N) is 2.